The van der Waals surface area contributed by atoms with Crippen LogP contribution >= 0.6 is 7.75 Å². The van der Waals surface area contributed by atoms with Gasteiger partial charge >= 0.3 is 7.75 Å². The van der Waals surface area contributed by atoms with Gasteiger partial charge in [0.2, 0.25) is 0 Å². The zero-order valence-corrected chi connectivity index (χ0v) is 8.62. The minimum Gasteiger partial charge on any atom is -0.279 e. The fraction of sp³-hybridized carbons (Fsp3) is 0.750. The van der Waals surface area contributed by atoms with Gasteiger partial charge in [0.1, 0.15) is 6.54 Å². The summed E-state index contributed by atoms with van der Waals surface area (Å²) in [6.45, 7) is 5.09. The van der Waals surface area contributed by atoms with Crippen LogP contribution in [0.2, 0.25) is 0 Å². The number of piperidine rings is 1. The fourth-order valence-electron chi connectivity index (χ4n) is 1.89. The molecule has 0 aromatic rings. The third-order valence-electron chi connectivity index (χ3n) is 2.67. The topological polar surface area (TPSA) is 57.5 Å². The quantitative estimate of drug-likeness (QED) is 0.540. The minimum absolute atomic E-state index is 0.0868. The van der Waals surface area contributed by atoms with Gasteiger partial charge in [-0.05, 0) is 25.3 Å². The highest BCUT2D eigenvalue weighted by molar-refractivity contribution is 7.45. The summed E-state index contributed by atoms with van der Waals surface area (Å²) in [5.41, 5.74) is 0. The molecule has 0 unspecified atom stereocenters. The Hall–Kier alpha value is -0.150. The molecule has 0 aromatic heterocycles. The van der Waals surface area contributed by atoms with Crippen LogP contribution < -0.4 is 0 Å². The van der Waals surface area contributed by atoms with Gasteiger partial charge in [0.05, 0.1) is 13.1 Å². The Morgan fingerprint density at radius 3 is 2.23 bits per heavy atom. The second-order valence-corrected chi connectivity index (χ2v) is 5.46. The third kappa shape index (κ3) is 2.20. The van der Waals surface area contributed by atoms with E-state index < -0.39 is 7.75 Å². The maximum atomic E-state index is 11.3. The molecule has 1 aliphatic heterocycles. The van der Waals surface area contributed by atoms with E-state index >= 15 is 0 Å². The van der Waals surface area contributed by atoms with Gasteiger partial charge in [0.15, 0.2) is 0 Å². The smallest absolute Gasteiger partial charge is 0.279 e. The van der Waals surface area contributed by atoms with Crippen LogP contribution in [-0.4, -0.2) is 33.7 Å². The summed E-state index contributed by atoms with van der Waals surface area (Å²) in [7, 11) is -4.02. The van der Waals surface area contributed by atoms with Crippen LogP contribution in [-0.2, 0) is 4.57 Å². The van der Waals surface area contributed by atoms with Crippen LogP contribution in [0, 0.1) is 0 Å². The van der Waals surface area contributed by atoms with Crippen molar-refractivity contribution in [1.29, 1.82) is 0 Å². The van der Waals surface area contributed by atoms with E-state index in [-0.39, 0.29) is 4.25 Å². The van der Waals surface area contributed by atoms with Crippen molar-refractivity contribution in [2.75, 3.05) is 19.6 Å². The van der Waals surface area contributed by atoms with Gasteiger partial charge in [-0.1, -0.05) is 6.58 Å². The first-order valence-electron chi connectivity index (χ1n) is 4.55. The number of likely N-dealkylation sites (tertiary alicyclic amines) is 1. The maximum Gasteiger partial charge on any atom is 0.526 e. The van der Waals surface area contributed by atoms with Crippen LogP contribution in [0.25, 0.3) is 0 Å². The van der Waals surface area contributed by atoms with E-state index in [4.69, 9.17) is 0 Å². The first kappa shape index (κ1) is 10.9. The van der Waals surface area contributed by atoms with E-state index in [0.29, 0.717) is 19.6 Å². The van der Waals surface area contributed by atoms with E-state index in [2.05, 4.69) is 6.58 Å². The van der Waals surface area contributed by atoms with Crippen molar-refractivity contribution in [1.82, 2.24) is 0 Å². The second kappa shape index (κ2) is 3.93. The Morgan fingerprint density at radius 1 is 1.31 bits per heavy atom. The van der Waals surface area contributed by atoms with Crippen molar-refractivity contribution < 1.29 is 18.6 Å². The third-order valence-corrected chi connectivity index (χ3v) is 4.34. The lowest BCUT2D eigenvalue weighted by Crippen LogP contribution is -2.48. The molecule has 1 rings (SSSR count). The molecule has 1 saturated heterocycles. The molecular formula is C8H17NO3P+. The number of hydrogen-bond donors (Lipinski definition) is 2. The molecule has 1 aliphatic rings. The standard InChI is InChI=1S/C8H16NO3P/c1-2-6-9(13(10,11)12)7-4-3-5-8-9/h2H,1,3-8H2,(H-,10,11,12)/p+1. The summed E-state index contributed by atoms with van der Waals surface area (Å²) in [5.74, 6) is 0. The van der Waals surface area contributed by atoms with Crippen LogP contribution in [0.3, 0.4) is 0 Å². The summed E-state index contributed by atoms with van der Waals surface area (Å²) < 4.78 is 11.2. The molecule has 13 heavy (non-hydrogen) atoms. The Balaban J connectivity index is 2.85. The molecule has 0 aromatic carbocycles. The molecular weight excluding hydrogens is 189 g/mol. The Labute approximate surface area is 78.7 Å². The van der Waals surface area contributed by atoms with Crippen molar-refractivity contribution in [2.24, 2.45) is 0 Å². The van der Waals surface area contributed by atoms with Crippen LogP contribution in [0.1, 0.15) is 19.3 Å². The molecule has 0 bridgehead atoms. The largest absolute Gasteiger partial charge is 0.526 e. The predicted octanol–water partition coefficient (Wildman–Crippen LogP) is 1.27. The highest BCUT2D eigenvalue weighted by Gasteiger charge is 2.45. The van der Waals surface area contributed by atoms with Gasteiger partial charge in [-0.15, -0.1) is 0 Å². The summed E-state index contributed by atoms with van der Waals surface area (Å²) in [4.78, 5) is 18.5. The minimum atomic E-state index is -4.02. The lowest BCUT2D eigenvalue weighted by atomic mass is 10.1. The van der Waals surface area contributed by atoms with Crippen molar-refractivity contribution in [3.05, 3.63) is 12.7 Å². The molecule has 0 amide bonds. The Kier molecular flexibility index (Phi) is 3.30. The molecule has 0 saturated carbocycles. The van der Waals surface area contributed by atoms with E-state index in [1.165, 1.54) is 0 Å². The van der Waals surface area contributed by atoms with Crippen molar-refractivity contribution >= 4 is 7.75 Å². The molecule has 0 atom stereocenters. The molecule has 4 nitrogen and oxygen atoms in total. The zero-order valence-electron chi connectivity index (χ0n) is 7.72. The second-order valence-electron chi connectivity index (χ2n) is 3.59. The average Bonchev–Trinajstić information content (AvgIpc) is 2.04. The normalized spacial score (nSPS) is 22.6. The number of quaternary nitrogens is 1. The van der Waals surface area contributed by atoms with Crippen molar-refractivity contribution in [3.8, 4) is 0 Å². The monoisotopic (exact) mass is 206 g/mol. The van der Waals surface area contributed by atoms with E-state index in [9.17, 15) is 14.4 Å². The summed E-state index contributed by atoms with van der Waals surface area (Å²) in [6.07, 6.45) is 4.49. The molecule has 76 valence electrons. The summed E-state index contributed by atoms with van der Waals surface area (Å²) >= 11 is 0. The van der Waals surface area contributed by atoms with Crippen LogP contribution in [0.4, 0.5) is 0 Å². The first-order valence-corrected chi connectivity index (χ1v) is 6.11. The van der Waals surface area contributed by atoms with E-state index in [0.717, 1.165) is 19.3 Å². The van der Waals surface area contributed by atoms with Gasteiger partial charge in [-0.25, -0.2) is 8.82 Å². The number of nitrogens with zero attached hydrogens (tertiary/aromatic N) is 1. The number of hydrogen-bond acceptors (Lipinski definition) is 1. The van der Waals surface area contributed by atoms with Gasteiger partial charge in [-0.2, -0.15) is 0 Å². The predicted molar refractivity (Wildman–Crippen MR) is 51.0 cm³/mol. The average molecular weight is 206 g/mol. The molecule has 1 fully saturated rings. The van der Waals surface area contributed by atoms with Crippen molar-refractivity contribution in [2.45, 2.75) is 19.3 Å². The van der Waals surface area contributed by atoms with Crippen molar-refractivity contribution in [3.63, 3.8) is 0 Å². The van der Waals surface area contributed by atoms with Crippen LogP contribution in [0.15, 0.2) is 12.7 Å². The molecule has 2 N–H and O–H groups in total. The van der Waals surface area contributed by atoms with Gasteiger partial charge < -0.3 is 0 Å². The molecule has 0 spiro atoms. The Bertz CT molecular complexity index is 230. The molecule has 1 heterocycles. The van der Waals surface area contributed by atoms with Gasteiger partial charge in [0, 0.05) is 0 Å². The molecule has 0 aliphatic carbocycles. The lowest BCUT2D eigenvalue weighted by Gasteiger charge is -2.39. The summed E-state index contributed by atoms with van der Waals surface area (Å²) in [5, 5.41) is 0. The number of rotatable bonds is 3. The van der Waals surface area contributed by atoms with Crippen LogP contribution in [0.5, 0.6) is 0 Å². The first-order chi connectivity index (χ1) is 6.02. The molecule has 0 radical (unpaired) electrons. The highest BCUT2D eigenvalue weighted by Crippen LogP contribution is 2.50. The Morgan fingerprint density at radius 2 is 1.85 bits per heavy atom. The van der Waals surface area contributed by atoms with Gasteiger partial charge in [-0.3, -0.25) is 9.79 Å². The van der Waals surface area contributed by atoms with E-state index in [1.54, 1.807) is 6.08 Å². The van der Waals surface area contributed by atoms with Gasteiger partial charge in [0.25, 0.3) is 0 Å². The zero-order chi connectivity index (χ0) is 9.95. The SMILES string of the molecule is C=CC[N+]1(P(=O)(O)O)CCCCC1. The fourth-order valence-corrected chi connectivity index (χ4v) is 3.02. The lowest BCUT2D eigenvalue weighted by molar-refractivity contribution is -0.823. The van der Waals surface area contributed by atoms with E-state index in [1.807, 2.05) is 0 Å². The summed E-state index contributed by atoms with van der Waals surface area (Å²) in [6, 6.07) is 0. The maximum absolute atomic E-state index is 11.3. The highest BCUT2D eigenvalue weighted by atomic mass is 31.2. The molecule has 5 heteroatoms.